The van der Waals surface area contributed by atoms with Gasteiger partial charge in [-0.3, -0.25) is 4.79 Å². The smallest absolute Gasteiger partial charge is 0.303 e. The fraction of sp³-hybridized carbons (Fsp3) is 0.300. The Morgan fingerprint density at radius 2 is 2.23 bits per heavy atom. The van der Waals surface area contributed by atoms with E-state index in [1.807, 2.05) is 25.1 Å². The molecule has 1 rings (SSSR count). The van der Waals surface area contributed by atoms with Crippen LogP contribution >= 0.6 is 22.6 Å². The molecule has 0 aromatic heterocycles. The zero-order valence-electron chi connectivity index (χ0n) is 7.38. The van der Waals surface area contributed by atoms with E-state index in [0.29, 0.717) is 6.42 Å². The molecule has 1 aromatic carbocycles. The van der Waals surface area contributed by atoms with E-state index in [1.165, 1.54) is 5.56 Å². The average Bonchev–Trinajstić information content (AvgIpc) is 2.06. The summed E-state index contributed by atoms with van der Waals surface area (Å²) >= 11 is 2.23. The lowest BCUT2D eigenvalue weighted by molar-refractivity contribution is -0.136. The molecule has 70 valence electrons. The molecule has 0 atom stereocenters. The van der Waals surface area contributed by atoms with E-state index >= 15 is 0 Å². The van der Waals surface area contributed by atoms with Crippen LogP contribution in [0, 0.1) is 10.5 Å². The number of aryl methyl sites for hydroxylation is 2. The molecule has 13 heavy (non-hydrogen) atoms. The van der Waals surface area contributed by atoms with E-state index < -0.39 is 5.97 Å². The summed E-state index contributed by atoms with van der Waals surface area (Å²) in [6.45, 7) is 2.01. The summed E-state index contributed by atoms with van der Waals surface area (Å²) in [5.74, 6) is -0.738. The van der Waals surface area contributed by atoms with Gasteiger partial charge in [0.05, 0.1) is 0 Å². The first-order valence-electron chi connectivity index (χ1n) is 4.06. The Bertz CT molecular complexity index is 321. The molecule has 0 fully saturated rings. The maximum absolute atomic E-state index is 10.4. The van der Waals surface area contributed by atoms with E-state index in [2.05, 4.69) is 22.6 Å². The molecule has 0 unspecified atom stereocenters. The van der Waals surface area contributed by atoms with Crippen LogP contribution in [0.5, 0.6) is 0 Å². The number of hydrogen-bond acceptors (Lipinski definition) is 1. The van der Waals surface area contributed by atoms with Gasteiger partial charge in [0.2, 0.25) is 0 Å². The van der Waals surface area contributed by atoms with Crippen LogP contribution in [-0.2, 0) is 11.2 Å². The van der Waals surface area contributed by atoms with Crippen molar-refractivity contribution in [3.05, 3.63) is 32.9 Å². The Labute approximate surface area is 91.1 Å². The molecule has 1 N–H and O–H groups in total. The first kappa shape index (κ1) is 10.5. The summed E-state index contributed by atoms with van der Waals surface area (Å²) in [7, 11) is 0. The Kier molecular flexibility index (Phi) is 3.71. The van der Waals surface area contributed by atoms with Crippen molar-refractivity contribution < 1.29 is 9.90 Å². The van der Waals surface area contributed by atoms with Gasteiger partial charge in [-0.2, -0.15) is 0 Å². The van der Waals surface area contributed by atoms with Gasteiger partial charge in [0.25, 0.3) is 0 Å². The highest BCUT2D eigenvalue weighted by atomic mass is 127. The third-order valence-electron chi connectivity index (χ3n) is 1.92. The minimum atomic E-state index is -0.738. The molecule has 1 aromatic rings. The van der Waals surface area contributed by atoms with Crippen molar-refractivity contribution in [1.29, 1.82) is 0 Å². The molecule has 0 bridgehead atoms. The van der Waals surface area contributed by atoms with Crippen molar-refractivity contribution in [3.63, 3.8) is 0 Å². The molecular formula is C10H11IO2. The van der Waals surface area contributed by atoms with Gasteiger partial charge in [-0.1, -0.05) is 6.07 Å². The van der Waals surface area contributed by atoms with E-state index in [-0.39, 0.29) is 6.42 Å². The van der Waals surface area contributed by atoms with Crippen molar-refractivity contribution in [2.24, 2.45) is 0 Å². The molecule has 3 heteroatoms. The predicted molar refractivity (Wildman–Crippen MR) is 59.9 cm³/mol. The summed E-state index contributed by atoms with van der Waals surface area (Å²) in [6.07, 6.45) is 0.832. The van der Waals surface area contributed by atoms with E-state index in [1.54, 1.807) is 0 Å². The fourth-order valence-electron chi connectivity index (χ4n) is 1.15. The van der Waals surface area contributed by atoms with Gasteiger partial charge in [0, 0.05) is 9.99 Å². The normalized spacial score (nSPS) is 10.0. The minimum Gasteiger partial charge on any atom is -0.481 e. The van der Waals surface area contributed by atoms with E-state index in [4.69, 9.17) is 5.11 Å². The Balaban J connectivity index is 2.75. The standard InChI is InChI=1S/C10H11IO2/c1-7-2-4-9(11)6-8(7)3-5-10(12)13/h2,4,6H,3,5H2,1H3,(H,12,13). The topological polar surface area (TPSA) is 37.3 Å². The van der Waals surface area contributed by atoms with Crippen LogP contribution in [0.4, 0.5) is 0 Å². The summed E-state index contributed by atoms with van der Waals surface area (Å²) < 4.78 is 1.16. The van der Waals surface area contributed by atoms with Crippen molar-refractivity contribution >= 4 is 28.6 Å². The highest BCUT2D eigenvalue weighted by molar-refractivity contribution is 14.1. The lowest BCUT2D eigenvalue weighted by Crippen LogP contribution is -1.99. The number of halogens is 1. The number of hydrogen-bond donors (Lipinski definition) is 1. The van der Waals surface area contributed by atoms with Crippen molar-refractivity contribution in [3.8, 4) is 0 Å². The average molecular weight is 290 g/mol. The quantitative estimate of drug-likeness (QED) is 0.869. The van der Waals surface area contributed by atoms with Crippen LogP contribution in [0.2, 0.25) is 0 Å². The third-order valence-corrected chi connectivity index (χ3v) is 2.59. The van der Waals surface area contributed by atoms with Gasteiger partial charge < -0.3 is 5.11 Å². The largest absolute Gasteiger partial charge is 0.481 e. The molecule has 0 aliphatic rings. The van der Waals surface area contributed by atoms with Crippen molar-refractivity contribution in [2.75, 3.05) is 0 Å². The maximum Gasteiger partial charge on any atom is 0.303 e. The number of aliphatic carboxylic acids is 1. The molecule has 0 amide bonds. The molecule has 0 aliphatic carbocycles. The lowest BCUT2D eigenvalue weighted by atomic mass is 10.0. The SMILES string of the molecule is Cc1ccc(I)cc1CCC(=O)O. The number of benzene rings is 1. The van der Waals surface area contributed by atoms with Gasteiger partial charge >= 0.3 is 5.97 Å². The van der Waals surface area contributed by atoms with Crippen LogP contribution in [-0.4, -0.2) is 11.1 Å². The van der Waals surface area contributed by atoms with Crippen molar-refractivity contribution in [1.82, 2.24) is 0 Å². The first-order chi connectivity index (χ1) is 6.09. The number of carbonyl (C=O) groups is 1. The van der Waals surface area contributed by atoms with Gasteiger partial charge in [0.15, 0.2) is 0 Å². The van der Waals surface area contributed by atoms with Gasteiger partial charge in [-0.05, 0) is 59.2 Å². The first-order valence-corrected chi connectivity index (χ1v) is 5.14. The summed E-state index contributed by atoms with van der Waals surface area (Å²) in [5, 5.41) is 8.53. The molecule has 0 saturated heterocycles. The molecule has 0 heterocycles. The van der Waals surface area contributed by atoms with Crippen LogP contribution in [0.25, 0.3) is 0 Å². The van der Waals surface area contributed by atoms with E-state index in [9.17, 15) is 4.79 Å². The van der Waals surface area contributed by atoms with Crippen LogP contribution in [0.15, 0.2) is 18.2 Å². The highest BCUT2D eigenvalue weighted by Crippen LogP contribution is 2.14. The van der Waals surface area contributed by atoms with Gasteiger partial charge in [-0.25, -0.2) is 0 Å². The lowest BCUT2D eigenvalue weighted by Gasteiger charge is -2.04. The molecular weight excluding hydrogens is 279 g/mol. The number of carboxylic acid groups (broad SMARTS) is 1. The second-order valence-electron chi connectivity index (χ2n) is 2.96. The number of carboxylic acids is 1. The summed E-state index contributed by atoms with van der Waals surface area (Å²) in [5.41, 5.74) is 2.30. The third kappa shape index (κ3) is 3.34. The minimum absolute atomic E-state index is 0.209. The van der Waals surface area contributed by atoms with Crippen molar-refractivity contribution in [2.45, 2.75) is 19.8 Å². The van der Waals surface area contributed by atoms with Gasteiger partial charge in [-0.15, -0.1) is 0 Å². The Morgan fingerprint density at radius 3 is 2.85 bits per heavy atom. The maximum atomic E-state index is 10.4. The van der Waals surface area contributed by atoms with Crippen LogP contribution < -0.4 is 0 Å². The molecule has 0 radical (unpaired) electrons. The Hall–Kier alpha value is -0.580. The zero-order valence-corrected chi connectivity index (χ0v) is 9.54. The van der Waals surface area contributed by atoms with E-state index in [0.717, 1.165) is 9.13 Å². The summed E-state index contributed by atoms with van der Waals surface area (Å²) in [4.78, 5) is 10.4. The second-order valence-corrected chi connectivity index (χ2v) is 4.21. The second kappa shape index (κ2) is 4.60. The molecule has 2 nitrogen and oxygen atoms in total. The zero-order chi connectivity index (χ0) is 9.84. The summed E-state index contributed by atoms with van der Waals surface area (Å²) in [6, 6.07) is 6.10. The molecule has 0 saturated carbocycles. The van der Waals surface area contributed by atoms with Crippen LogP contribution in [0.1, 0.15) is 17.5 Å². The number of rotatable bonds is 3. The Morgan fingerprint density at radius 1 is 1.54 bits per heavy atom. The fourth-order valence-corrected chi connectivity index (χ4v) is 1.71. The molecule has 0 spiro atoms. The van der Waals surface area contributed by atoms with Crippen LogP contribution in [0.3, 0.4) is 0 Å². The monoisotopic (exact) mass is 290 g/mol. The van der Waals surface area contributed by atoms with Gasteiger partial charge in [0.1, 0.15) is 0 Å². The predicted octanol–water partition coefficient (Wildman–Crippen LogP) is 2.62. The highest BCUT2D eigenvalue weighted by Gasteiger charge is 2.02. The molecule has 0 aliphatic heterocycles.